The van der Waals surface area contributed by atoms with Crippen LogP contribution in [0.15, 0.2) is 29.2 Å². The van der Waals surface area contributed by atoms with Crippen LogP contribution in [0.1, 0.15) is 26.3 Å². The summed E-state index contributed by atoms with van der Waals surface area (Å²) >= 11 is 0. The van der Waals surface area contributed by atoms with Gasteiger partial charge in [-0.3, -0.25) is 9.69 Å². The Hall–Kier alpha value is -2.17. The largest absolute Gasteiger partial charge is 0.444 e. The van der Waals surface area contributed by atoms with Gasteiger partial charge in [-0.1, -0.05) is 12.1 Å². The van der Waals surface area contributed by atoms with E-state index >= 15 is 0 Å². The fraction of sp³-hybridized carbons (Fsp3) is 0.579. The maximum atomic E-state index is 12.1. The van der Waals surface area contributed by atoms with Gasteiger partial charge < -0.3 is 15.0 Å². The van der Waals surface area contributed by atoms with Crippen molar-refractivity contribution in [3.05, 3.63) is 29.8 Å². The van der Waals surface area contributed by atoms with Gasteiger partial charge in [0.15, 0.2) is 0 Å². The number of nitrogens with zero attached hydrogens (tertiary/aromatic N) is 2. The smallest absolute Gasteiger partial charge is 0.410 e. The second kappa shape index (κ2) is 9.55. The molecule has 1 fully saturated rings. The lowest BCUT2D eigenvalue weighted by molar-refractivity contribution is -0.120. The monoisotopic (exact) mass is 426 g/mol. The highest BCUT2D eigenvalue weighted by Gasteiger charge is 2.25. The second-order valence-electron chi connectivity index (χ2n) is 8.02. The average molecular weight is 427 g/mol. The van der Waals surface area contributed by atoms with Crippen molar-refractivity contribution in [1.82, 2.24) is 15.1 Å². The summed E-state index contributed by atoms with van der Waals surface area (Å²) in [7, 11) is -3.73. The van der Waals surface area contributed by atoms with Crippen molar-refractivity contribution < 1.29 is 22.7 Å². The van der Waals surface area contributed by atoms with Crippen LogP contribution in [-0.2, 0) is 26.0 Å². The number of hydrogen-bond donors (Lipinski definition) is 2. The van der Waals surface area contributed by atoms with E-state index in [-0.39, 0.29) is 23.3 Å². The highest BCUT2D eigenvalue weighted by Crippen LogP contribution is 2.12. The van der Waals surface area contributed by atoms with Crippen LogP contribution in [-0.4, -0.2) is 75.1 Å². The third kappa shape index (κ3) is 8.00. The number of rotatable bonds is 6. The number of piperazine rings is 1. The standard InChI is InChI=1S/C19H30N4O5S/c1-19(2,3)28-18(25)23-12-10-22(11-13-23)9-8-21-17(24)14-15-4-6-16(7-5-15)29(20,26)27/h4-7H,8-14H2,1-3H3,(H,21,24)(H2,20,26,27). The van der Waals surface area contributed by atoms with Gasteiger partial charge in [0.1, 0.15) is 5.60 Å². The van der Waals surface area contributed by atoms with E-state index in [4.69, 9.17) is 9.88 Å². The van der Waals surface area contributed by atoms with Gasteiger partial charge in [-0.25, -0.2) is 18.4 Å². The topological polar surface area (TPSA) is 122 Å². The average Bonchev–Trinajstić information content (AvgIpc) is 2.60. The summed E-state index contributed by atoms with van der Waals surface area (Å²) in [5, 5.41) is 7.92. The SMILES string of the molecule is CC(C)(C)OC(=O)N1CCN(CCNC(=O)Cc2ccc(S(N)(=O)=O)cc2)CC1. The zero-order valence-electron chi connectivity index (χ0n) is 17.2. The lowest BCUT2D eigenvalue weighted by Gasteiger charge is -2.35. The zero-order valence-corrected chi connectivity index (χ0v) is 18.0. The van der Waals surface area contributed by atoms with Crippen LogP contribution in [0.4, 0.5) is 4.79 Å². The molecule has 0 bridgehead atoms. The highest BCUT2D eigenvalue weighted by molar-refractivity contribution is 7.89. The molecule has 1 aromatic carbocycles. The number of carbonyl (C=O) groups is 2. The number of nitrogens with two attached hydrogens (primary N) is 1. The number of carbonyl (C=O) groups excluding carboxylic acids is 2. The molecule has 10 heteroatoms. The van der Waals surface area contributed by atoms with E-state index in [1.807, 2.05) is 20.8 Å². The Labute approximate surface area is 172 Å². The highest BCUT2D eigenvalue weighted by atomic mass is 32.2. The van der Waals surface area contributed by atoms with Gasteiger partial charge in [0, 0.05) is 39.3 Å². The molecule has 0 saturated carbocycles. The van der Waals surface area contributed by atoms with Crippen LogP contribution >= 0.6 is 0 Å². The van der Waals surface area contributed by atoms with E-state index in [1.54, 1.807) is 17.0 Å². The van der Waals surface area contributed by atoms with Crippen LogP contribution in [0, 0.1) is 0 Å². The molecule has 0 aliphatic carbocycles. The van der Waals surface area contributed by atoms with Crippen molar-refractivity contribution in [2.45, 2.75) is 37.7 Å². The molecule has 1 aromatic rings. The molecule has 2 rings (SSSR count). The number of primary sulfonamides is 1. The van der Waals surface area contributed by atoms with Gasteiger partial charge in [0.25, 0.3) is 0 Å². The van der Waals surface area contributed by atoms with Gasteiger partial charge in [0.05, 0.1) is 11.3 Å². The molecule has 9 nitrogen and oxygen atoms in total. The maximum absolute atomic E-state index is 12.1. The van der Waals surface area contributed by atoms with Gasteiger partial charge in [-0.15, -0.1) is 0 Å². The molecule has 2 amide bonds. The van der Waals surface area contributed by atoms with Crippen molar-refractivity contribution in [2.24, 2.45) is 5.14 Å². The Morgan fingerprint density at radius 3 is 2.21 bits per heavy atom. The summed E-state index contributed by atoms with van der Waals surface area (Å²) < 4.78 is 27.9. The molecule has 0 aromatic heterocycles. The number of nitrogens with one attached hydrogen (secondary N) is 1. The summed E-state index contributed by atoms with van der Waals surface area (Å²) in [6.45, 7) is 9.38. The molecule has 1 aliphatic rings. The zero-order chi connectivity index (χ0) is 21.7. The van der Waals surface area contributed by atoms with E-state index in [9.17, 15) is 18.0 Å². The van der Waals surface area contributed by atoms with Crippen LogP contribution in [0.5, 0.6) is 0 Å². The quantitative estimate of drug-likeness (QED) is 0.685. The van der Waals surface area contributed by atoms with Gasteiger partial charge in [-0.2, -0.15) is 0 Å². The van der Waals surface area contributed by atoms with E-state index in [0.29, 0.717) is 31.7 Å². The molecule has 3 N–H and O–H groups in total. The molecule has 0 radical (unpaired) electrons. The molecular weight excluding hydrogens is 396 g/mol. The van der Waals surface area contributed by atoms with Crippen molar-refractivity contribution >= 4 is 22.0 Å². The molecule has 162 valence electrons. The first-order valence-corrected chi connectivity index (χ1v) is 11.1. The summed E-state index contributed by atoms with van der Waals surface area (Å²) in [4.78, 5) is 28.0. The molecule has 1 aliphatic heterocycles. The minimum absolute atomic E-state index is 0.0205. The number of hydrogen-bond acceptors (Lipinski definition) is 6. The first-order chi connectivity index (χ1) is 13.4. The summed E-state index contributed by atoms with van der Waals surface area (Å²) in [6, 6.07) is 5.94. The molecule has 1 heterocycles. The Morgan fingerprint density at radius 2 is 1.69 bits per heavy atom. The van der Waals surface area contributed by atoms with E-state index in [2.05, 4.69) is 10.2 Å². The predicted octanol–water partition coefficient (Wildman–Crippen LogP) is 0.545. The third-order valence-electron chi connectivity index (χ3n) is 4.39. The lowest BCUT2D eigenvalue weighted by atomic mass is 10.1. The first kappa shape index (κ1) is 23.1. The van der Waals surface area contributed by atoms with E-state index < -0.39 is 15.6 Å². The Balaban J connectivity index is 1.68. The fourth-order valence-corrected chi connectivity index (χ4v) is 3.39. The third-order valence-corrected chi connectivity index (χ3v) is 5.32. The fourth-order valence-electron chi connectivity index (χ4n) is 2.88. The number of benzene rings is 1. The summed E-state index contributed by atoms with van der Waals surface area (Å²) in [5.74, 6) is -0.138. The van der Waals surface area contributed by atoms with Crippen molar-refractivity contribution in [2.75, 3.05) is 39.3 Å². The number of sulfonamides is 1. The lowest BCUT2D eigenvalue weighted by Crippen LogP contribution is -2.51. The second-order valence-corrected chi connectivity index (χ2v) is 9.59. The molecule has 0 unspecified atom stereocenters. The molecule has 29 heavy (non-hydrogen) atoms. The van der Waals surface area contributed by atoms with Crippen LogP contribution in [0.3, 0.4) is 0 Å². The van der Waals surface area contributed by atoms with Crippen LogP contribution < -0.4 is 10.5 Å². The van der Waals surface area contributed by atoms with E-state index in [0.717, 1.165) is 13.1 Å². The van der Waals surface area contributed by atoms with Gasteiger partial charge in [-0.05, 0) is 38.5 Å². The van der Waals surface area contributed by atoms with Gasteiger partial charge >= 0.3 is 6.09 Å². The predicted molar refractivity (Wildman–Crippen MR) is 109 cm³/mol. The van der Waals surface area contributed by atoms with E-state index in [1.165, 1.54) is 12.1 Å². The van der Waals surface area contributed by atoms with Crippen LogP contribution in [0.2, 0.25) is 0 Å². The van der Waals surface area contributed by atoms with Crippen LogP contribution in [0.25, 0.3) is 0 Å². The minimum atomic E-state index is -3.73. The van der Waals surface area contributed by atoms with Crippen molar-refractivity contribution in [3.8, 4) is 0 Å². The molecule has 0 atom stereocenters. The Morgan fingerprint density at radius 1 is 1.10 bits per heavy atom. The normalized spacial score (nSPS) is 15.8. The number of amides is 2. The molecule has 1 saturated heterocycles. The summed E-state index contributed by atoms with van der Waals surface area (Å²) in [5.41, 5.74) is 0.207. The Bertz CT molecular complexity index is 810. The minimum Gasteiger partial charge on any atom is -0.444 e. The number of ether oxygens (including phenoxy) is 1. The van der Waals surface area contributed by atoms with Crippen molar-refractivity contribution in [3.63, 3.8) is 0 Å². The van der Waals surface area contributed by atoms with Crippen molar-refractivity contribution in [1.29, 1.82) is 0 Å². The Kier molecular flexibility index (Phi) is 7.61. The molecule has 0 spiro atoms. The van der Waals surface area contributed by atoms with Gasteiger partial charge in [0.2, 0.25) is 15.9 Å². The summed E-state index contributed by atoms with van der Waals surface area (Å²) in [6.07, 6.45) is -0.129. The molecular formula is C19H30N4O5S. The maximum Gasteiger partial charge on any atom is 0.410 e. The first-order valence-electron chi connectivity index (χ1n) is 9.53.